The zero-order valence-electron chi connectivity index (χ0n) is 7.70. The van der Waals surface area contributed by atoms with Gasteiger partial charge in [0.05, 0.1) is 0 Å². The van der Waals surface area contributed by atoms with Gasteiger partial charge in [-0.1, -0.05) is 26.0 Å². The summed E-state index contributed by atoms with van der Waals surface area (Å²) < 4.78 is 0. The van der Waals surface area contributed by atoms with Crippen LogP contribution < -0.4 is 5.73 Å². The molecule has 72 valence electrons. The second-order valence-electron chi connectivity index (χ2n) is 2.97. The molecule has 0 fully saturated rings. The van der Waals surface area contributed by atoms with Gasteiger partial charge in [0, 0.05) is 17.2 Å². The Labute approximate surface area is 85.8 Å². The number of nitrogens with two attached hydrogens (primary N) is 1. The average Bonchev–Trinajstić information content (AvgIpc) is 2.05. The summed E-state index contributed by atoms with van der Waals surface area (Å²) in [6.07, 6.45) is 5.08. The van der Waals surface area contributed by atoms with Gasteiger partial charge in [0.15, 0.2) is 0 Å². The normalized spacial score (nSPS) is 19.4. The Bertz CT molecular complexity index is 136. The molecule has 3 atom stereocenters. The lowest BCUT2D eigenvalue weighted by Gasteiger charge is -2.22. The van der Waals surface area contributed by atoms with E-state index in [1.54, 1.807) is 0 Å². The van der Waals surface area contributed by atoms with Gasteiger partial charge in [-0.15, -0.1) is 11.6 Å². The van der Waals surface area contributed by atoms with Crippen molar-refractivity contribution in [3.05, 3.63) is 12.2 Å². The van der Waals surface area contributed by atoms with Gasteiger partial charge in [-0.3, -0.25) is 0 Å². The quantitative estimate of drug-likeness (QED) is 0.404. The molecule has 0 heterocycles. The molecule has 0 rings (SSSR count). The Morgan fingerprint density at radius 1 is 1.58 bits per heavy atom. The fourth-order valence-corrected chi connectivity index (χ4v) is 1.44. The molecule has 12 heavy (non-hydrogen) atoms. The maximum absolute atomic E-state index is 5.94. The van der Waals surface area contributed by atoms with E-state index in [1.165, 1.54) is 0 Å². The van der Waals surface area contributed by atoms with Crippen LogP contribution in [0.1, 0.15) is 20.3 Å². The fourth-order valence-electron chi connectivity index (χ4n) is 1.12. The van der Waals surface area contributed by atoms with E-state index in [0.717, 1.165) is 6.42 Å². The van der Waals surface area contributed by atoms with E-state index in [0.29, 0.717) is 11.8 Å². The Kier molecular flexibility index (Phi) is 7.01. The van der Waals surface area contributed by atoms with Gasteiger partial charge in [0.25, 0.3) is 0 Å². The van der Waals surface area contributed by atoms with Crippen LogP contribution >= 0.6 is 24.2 Å². The highest BCUT2D eigenvalue weighted by Crippen LogP contribution is 2.14. The molecule has 0 saturated carbocycles. The standard InChI is InChI=1S/C9H18ClNS/c1-3-8(5-4-6-10)9(11)7(2)12/h4-5,7-9,12H,3,6,11H2,1-2H3/b5-4-. The van der Waals surface area contributed by atoms with Crippen molar-refractivity contribution in [2.45, 2.75) is 31.6 Å². The molecule has 0 radical (unpaired) electrons. The lowest BCUT2D eigenvalue weighted by atomic mass is 9.95. The summed E-state index contributed by atoms with van der Waals surface area (Å²) >= 11 is 9.86. The van der Waals surface area contributed by atoms with Crippen LogP contribution in [0.4, 0.5) is 0 Å². The highest BCUT2D eigenvalue weighted by atomic mass is 35.5. The van der Waals surface area contributed by atoms with E-state index >= 15 is 0 Å². The summed E-state index contributed by atoms with van der Waals surface area (Å²) in [6, 6.07) is 0.123. The molecule has 0 aromatic rings. The molecular weight excluding hydrogens is 190 g/mol. The summed E-state index contributed by atoms with van der Waals surface area (Å²) in [7, 11) is 0. The Hall–Kier alpha value is 0.340. The van der Waals surface area contributed by atoms with Crippen LogP contribution in [0.3, 0.4) is 0 Å². The van der Waals surface area contributed by atoms with Crippen molar-refractivity contribution in [1.29, 1.82) is 0 Å². The first-order chi connectivity index (χ1) is 5.63. The lowest BCUT2D eigenvalue weighted by Crippen LogP contribution is -2.35. The molecule has 0 aromatic carbocycles. The van der Waals surface area contributed by atoms with Crippen LogP contribution in [-0.4, -0.2) is 17.2 Å². The molecule has 2 N–H and O–H groups in total. The minimum atomic E-state index is 0.123. The van der Waals surface area contributed by atoms with Gasteiger partial charge in [0.2, 0.25) is 0 Å². The van der Waals surface area contributed by atoms with Gasteiger partial charge in [-0.05, 0) is 12.3 Å². The van der Waals surface area contributed by atoms with Gasteiger partial charge in [-0.2, -0.15) is 12.6 Å². The van der Waals surface area contributed by atoms with Crippen LogP contribution in [0.15, 0.2) is 12.2 Å². The summed E-state index contributed by atoms with van der Waals surface area (Å²) in [5.41, 5.74) is 5.94. The second-order valence-corrected chi connectivity index (χ2v) is 4.10. The van der Waals surface area contributed by atoms with Crippen LogP contribution in [-0.2, 0) is 0 Å². The predicted octanol–water partition coefficient (Wildman–Crippen LogP) is 2.45. The molecule has 0 aliphatic heterocycles. The number of rotatable bonds is 5. The van der Waals surface area contributed by atoms with E-state index in [2.05, 4.69) is 25.6 Å². The van der Waals surface area contributed by atoms with Crippen LogP contribution in [0.5, 0.6) is 0 Å². The first kappa shape index (κ1) is 12.3. The van der Waals surface area contributed by atoms with Gasteiger partial charge >= 0.3 is 0 Å². The molecular formula is C9H18ClNS. The molecule has 0 bridgehead atoms. The van der Waals surface area contributed by atoms with Crippen molar-refractivity contribution in [2.24, 2.45) is 11.7 Å². The fraction of sp³-hybridized carbons (Fsp3) is 0.778. The average molecular weight is 208 g/mol. The predicted molar refractivity (Wildman–Crippen MR) is 60.1 cm³/mol. The van der Waals surface area contributed by atoms with Crippen LogP contribution in [0.25, 0.3) is 0 Å². The van der Waals surface area contributed by atoms with Crippen molar-refractivity contribution in [3.8, 4) is 0 Å². The zero-order valence-corrected chi connectivity index (χ0v) is 9.35. The van der Waals surface area contributed by atoms with E-state index in [1.807, 2.05) is 13.0 Å². The summed E-state index contributed by atoms with van der Waals surface area (Å²) in [4.78, 5) is 0. The zero-order chi connectivity index (χ0) is 9.56. The molecule has 0 amide bonds. The lowest BCUT2D eigenvalue weighted by molar-refractivity contribution is 0.485. The third-order valence-electron chi connectivity index (χ3n) is 2.00. The number of hydrogen-bond acceptors (Lipinski definition) is 2. The van der Waals surface area contributed by atoms with Gasteiger partial charge < -0.3 is 5.73 Å². The van der Waals surface area contributed by atoms with Crippen molar-refractivity contribution in [3.63, 3.8) is 0 Å². The monoisotopic (exact) mass is 207 g/mol. The highest BCUT2D eigenvalue weighted by Gasteiger charge is 2.16. The first-order valence-corrected chi connectivity index (χ1v) is 5.34. The SMILES string of the molecule is CCC(/C=C\CCl)C(N)C(C)S. The van der Waals surface area contributed by atoms with E-state index < -0.39 is 0 Å². The molecule has 3 unspecified atom stereocenters. The topological polar surface area (TPSA) is 26.0 Å². The Morgan fingerprint density at radius 3 is 2.50 bits per heavy atom. The molecule has 0 aliphatic rings. The summed E-state index contributed by atoms with van der Waals surface area (Å²) in [5, 5.41) is 0.231. The van der Waals surface area contributed by atoms with E-state index in [4.69, 9.17) is 17.3 Å². The van der Waals surface area contributed by atoms with Crippen molar-refractivity contribution >= 4 is 24.2 Å². The smallest absolute Gasteiger partial charge is 0.0404 e. The maximum Gasteiger partial charge on any atom is 0.0404 e. The van der Waals surface area contributed by atoms with Crippen molar-refractivity contribution < 1.29 is 0 Å². The largest absolute Gasteiger partial charge is 0.326 e. The number of halogens is 1. The number of allylic oxidation sites excluding steroid dienone is 1. The Balaban J connectivity index is 4.04. The summed E-state index contributed by atoms with van der Waals surface area (Å²) in [6.45, 7) is 4.14. The third kappa shape index (κ3) is 4.39. The number of thiol groups is 1. The minimum Gasteiger partial charge on any atom is -0.326 e. The number of alkyl halides is 1. The molecule has 0 aromatic heterocycles. The Morgan fingerprint density at radius 2 is 2.17 bits per heavy atom. The second kappa shape index (κ2) is 6.81. The van der Waals surface area contributed by atoms with Crippen LogP contribution in [0, 0.1) is 5.92 Å². The van der Waals surface area contributed by atoms with Gasteiger partial charge in [0.1, 0.15) is 0 Å². The molecule has 0 saturated heterocycles. The third-order valence-corrected chi connectivity index (χ3v) is 2.52. The molecule has 1 nitrogen and oxygen atoms in total. The number of hydrogen-bond donors (Lipinski definition) is 2. The first-order valence-electron chi connectivity index (χ1n) is 4.29. The molecule has 0 aliphatic carbocycles. The highest BCUT2D eigenvalue weighted by molar-refractivity contribution is 7.81. The van der Waals surface area contributed by atoms with E-state index in [9.17, 15) is 0 Å². The maximum atomic E-state index is 5.94. The minimum absolute atomic E-state index is 0.123. The van der Waals surface area contributed by atoms with Crippen molar-refractivity contribution in [2.75, 3.05) is 5.88 Å². The van der Waals surface area contributed by atoms with Gasteiger partial charge in [-0.25, -0.2) is 0 Å². The summed E-state index contributed by atoms with van der Waals surface area (Å²) in [5.74, 6) is 0.959. The molecule has 3 heteroatoms. The molecule has 0 spiro atoms. The van der Waals surface area contributed by atoms with Crippen molar-refractivity contribution in [1.82, 2.24) is 0 Å². The van der Waals surface area contributed by atoms with Crippen LogP contribution in [0.2, 0.25) is 0 Å². The van der Waals surface area contributed by atoms with E-state index in [-0.39, 0.29) is 11.3 Å².